The molecule has 0 amide bonds. The average molecular weight is 1130 g/mol. The van der Waals surface area contributed by atoms with Gasteiger partial charge in [-0.25, -0.2) is 0 Å². The second-order valence-corrected chi connectivity index (χ2v) is 23.4. The third-order valence-corrected chi connectivity index (χ3v) is 15.4. The minimum Gasteiger partial charge on any atom is -0.462 e. The summed E-state index contributed by atoms with van der Waals surface area (Å²) in [5, 5.41) is 0. The number of hydrogen-bond acceptors (Lipinski definition) is 6. The van der Waals surface area contributed by atoms with Crippen LogP contribution in [0.5, 0.6) is 0 Å². The van der Waals surface area contributed by atoms with Crippen LogP contribution in [0.25, 0.3) is 0 Å². The van der Waals surface area contributed by atoms with Crippen LogP contribution >= 0.6 is 0 Å². The highest BCUT2D eigenvalue weighted by Gasteiger charge is 2.19. The van der Waals surface area contributed by atoms with Crippen molar-refractivity contribution in [2.45, 2.75) is 361 Å². The predicted molar refractivity (Wildman–Crippen MR) is 353 cm³/mol. The molecular weight excluding hydrogens is 997 g/mol. The van der Waals surface area contributed by atoms with E-state index in [-0.39, 0.29) is 37.5 Å². The molecule has 0 bridgehead atoms. The van der Waals surface area contributed by atoms with Crippen molar-refractivity contribution in [2.75, 3.05) is 13.2 Å². The zero-order valence-corrected chi connectivity index (χ0v) is 53.8. The quantitative estimate of drug-likeness (QED) is 0.0261. The van der Waals surface area contributed by atoms with Crippen LogP contribution in [0, 0.1) is 0 Å². The third-order valence-electron chi connectivity index (χ3n) is 15.4. The summed E-state index contributed by atoms with van der Waals surface area (Å²) in [6.45, 7) is 6.51. The molecule has 0 aromatic carbocycles. The number of rotatable bonds is 64. The summed E-state index contributed by atoms with van der Waals surface area (Å²) >= 11 is 0. The lowest BCUT2D eigenvalue weighted by Crippen LogP contribution is -2.30. The molecule has 0 aliphatic heterocycles. The molecule has 0 radical (unpaired) electrons. The molecule has 0 saturated carbocycles. The average Bonchev–Trinajstić information content (AvgIpc) is 3.46. The molecule has 6 heteroatoms. The lowest BCUT2D eigenvalue weighted by atomic mass is 10.0. The molecule has 0 aromatic heterocycles. The minimum atomic E-state index is -0.804. The highest BCUT2D eigenvalue weighted by molar-refractivity contribution is 5.71. The van der Waals surface area contributed by atoms with Crippen molar-refractivity contribution >= 4 is 17.9 Å². The Balaban J connectivity index is 4.18. The van der Waals surface area contributed by atoms with Crippen LogP contribution in [0.2, 0.25) is 0 Å². The van der Waals surface area contributed by atoms with Gasteiger partial charge >= 0.3 is 17.9 Å². The maximum Gasteiger partial charge on any atom is 0.306 e. The molecule has 468 valence electrons. The first kappa shape index (κ1) is 77.6. The van der Waals surface area contributed by atoms with Gasteiger partial charge in [0.2, 0.25) is 0 Å². The first-order valence-electron chi connectivity index (χ1n) is 35.1. The Morgan fingerprint density at radius 3 is 0.790 bits per heavy atom. The summed E-state index contributed by atoms with van der Waals surface area (Å²) in [5.41, 5.74) is 0. The van der Waals surface area contributed by atoms with Crippen molar-refractivity contribution in [3.63, 3.8) is 0 Å². The highest BCUT2D eigenvalue weighted by atomic mass is 16.6. The summed E-state index contributed by atoms with van der Waals surface area (Å²) in [6, 6.07) is 0. The van der Waals surface area contributed by atoms with E-state index in [1.807, 2.05) is 0 Å². The summed E-state index contributed by atoms with van der Waals surface area (Å²) < 4.78 is 16.9. The van der Waals surface area contributed by atoms with E-state index in [1.165, 1.54) is 225 Å². The van der Waals surface area contributed by atoms with Crippen LogP contribution in [0.3, 0.4) is 0 Å². The van der Waals surface area contributed by atoms with Crippen molar-refractivity contribution in [1.82, 2.24) is 0 Å². The van der Waals surface area contributed by atoms with Gasteiger partial charge in [-0.05, 0) is 89.9 Å². The fourth-order valence-corrected chi connectivity index (χ4v) is 10.2. The molecule has 0 N–H and O–H groups in total. The standard InChI is InChI=1S/C75H132O6/c1-4-7-10-13-16-19-22-25-27-29-30-31-32-33-34-35-36-37-38-39-40-41-42-43-44-46-47-50-53-56-59-62-65-68-74(77)80-71-72(70-79-73(76)67-64-61-58-55-52-49-24-21-18-15-12-9-6-3)81-75(78)69-66-63-60-57-54-51-48-45-28-26-23-20-17-14-11-8-5-2/h8,11,17,20,22,25-26,28-30,48,51,57,60,72H,4-7,9-10,12-16,18-19,21,23-24,27,31-47,49-50,52-56,58-59,61-71H2,1-3H3/b11-8-,20-17-,25-22-,28-26-,30-29-,51-48-,60-57-. The van der Waals surface area contributed by atoms with Crippen LogP contribution in [-0.2, 0) is 28.6 Å². The summed E-state index contributed by atoms with van der Waals surface area (Å²) in [5.74, 6) is -0.936. The molecule has 0 rings (SSSR count). The van der Waals surface area contributed by atoms with Crippen LogP contribution in [0.15, 0.2) is 85.1 Å². The van der Waals surface area contributed by atoms with Crippen molar-refractivity contribution in [3.8, 4) is 0 Å². The fraction of sp³-hybridized carbons (Fsp3) is 0.773. The van der Waals surface area contributed by atoms with E-state index in [1.54, 1.807) is 0 Å². The number of carbonyl (C=O) groups excluding carboxylic acids is 3. The number of esters is 3. The third kappa shape index (κ3) is 67.3. The molecule has 0 spiro atoms. The Morgan fingerprint density at radius 1 is 0.259 bits per heavy atom. The second-order valence-electron chi connectivity index (χ2n) is 23.4. The van der Waals surface area contributed by atoms with Gasteiger partial charge in [0.1, 0.15) is 13.2 Å². The Bertz CT molecular complexity index is 1530. The lowest BCUT2D eigenvalue weighted by Gasteiger charge is -2.18. The number of allylic oxidation sites excluding steroid dienone is 14. The van der Waals surface area contributed by atoms with E-state index in [0.29, 0.717) is 19.3 Å². The van der Waals surface area contributed by atoms with Gasteiger partial charge in [0.15, 0.2) is 6.10 Å². The predicted octanol–water partition coefficient (Wildman–Crippen LogP) is 24.2. The van der Waals surface area contributed by atoms with Gasteiger partial charge in [-0.1, -0.05) is 331 Å². The van der Waals surface area contributed by atoms with E-state index in [2.05, 4.69) is 106 Å². The number of ether oxygens (including phenoxy) is 3. The van der Waals surface area contributed by atoms with Crippen LogP contribution in [-0.4, -0.2) is 37.2 Å². The van der Waals surface area contributed by atoms with Crippen molar-refractivity contribution < 1.29 is 28.6 Å². The smallest absolute Gasteiger partial charge is 0.306 e. The van der Waals surface area contributed by atoms with Gasteiger partial charge < -0.3 is 14.2 Å². The topological polar surface area (TPSA) is 78.9 Å². The van der Waals surface area contributed by atoms with Gasteiger partial charge in [0.25, 0.3) is 0 Å². The zero-order valence-electron chi connectivity index (χ0n) is 53.8. The number of carbonyl (C=O) groups is 3. The SMILES string of the molecule is CC/C=C\C/C=C\C/C=C\C/C=C\C/C=C\CCCC(=O)OC(COC(=O)CCCCCCCCCCCCCCC)COC(=O)CCCCCCCCCCCCCCCCCCCCCCC/C=C\C/C=C\CCCCCCC. The van der Waals surface area contributed by atoms with Gasteiger partial charge in [0.05, 0.1) is 0 Å². The van der Waals surface area contributed by atoms with Gasteiger partial charge in [-0.3, -0.25) is 14.4 Å². The van der Waals surface area contributed by atoms with Crippen LogP contribution in [0.4, 0.5) is 0 Å². The van der Waals surface area contributed by atoms with Gasteiger partial charge in [0, 0.05) is 19.3 Å². The molecule has 0 aliphatic carbocycles. The molecule has 0 saturated heterocycles. The molecule has 1 atom stereocenters. The second kappa shape index (κ2) is 69.1. The minimum absolute atomic E-state index is 0.0946. The molecule has 81 heavy (non-hydrogen) atoms. The normalized spacial score (nSPS) is 12.6. The highest BCUT2D eigenvalue weighted by Crippen LogP contribution is 2.18. The maximum absolute atomic E-state index is 12.9. The first-order valence-corrected chi connectivity index (χ1v) is 35.1. The molecule has 0 fully saturated rings. The van der Waals surface area contributed by atoms with Crippen molar-refractivity contribution in [1.29, 1.82) is 0 Å². The zero-order chi connectivity index (χ0) is 58.5. The molecule has 1 unspecified atom stereocenters. The Labute approximate surface area is 503 Å². The summed E-state index contributed by atoms with van der Waals surface area (Å²) in [7, 11) is 0. The Hall–Kier alpha value is -3.41. The monoisotopic (exact) mass is 1130 g/mol. The lowest BCUT2D eigenvalue weighted by molar-refractivity contribution is -0.167. The molecule has 0 aliphatic rings. The molecular formula is C75H132O6. The van der Waals surface area contributed by atoms with Crippen LogP contribution in [0.1, 0.15) is 355 Å². The number of unbranched alkanes of at least 4 members (excludes halogenated alkanes) is 39. The first-order chi connectivity index (χ1) is 40.0. The summed E-state index contributed by atoms with van der Waals surface area (Å²) in [4.78, 5) is 38.3. The maximum atomic E-state index is 12.9. The van der Waals surface area contributed by atoms with Gasteiger partial charge in [-0.2, -0.15) is 0 Å². The van der Waals surface area contributed by atoms with Crippen molar-refractivity contribution in [3.05, 3.63) is 85.1 Å². The largest absolute Gasteiger partial charge is 0.462 e. The van der Waals surface area contributed by atoms with Gasteiger partial charge in [-0.15, -0.1) is 0 Å². The van der Waals surface area contributed by atoms with E-state index < -0.39 is 6.10 Å². The van der Waals surface area contributed by atoms with E-state index in [4.69, 9.17) is 14.2 Å². The Kier molecular flexibility index (Phi) is 66.2. The summed E-state index contributed by atoms with van der Waals surface area (Å²) in [6.07, 6.45) is 92.1. The number of hydrogen-bond donors (Lipinski definition) is 0. The molecule has 6 nitrogen and oxygen atoms in total. The van der Waals surface area contributed by atoms with E-state index in [9.17, 15) is 14.4 Å². The van der Waals surface area contributed by atoms with E-state index >= 15 is 0 Å². The van der Waals surface area contributed by atoms with Crippen LogP contribution < -0.4 is 0 Å². The fourth-order valence-electron chi connectivity index (χ4n) is 10.2. The Morgan fingerprint density at radius 2 is 0.494 bits per heavy atom. The van der Waals surface area contributed by atoms with Crippen molar-refractivity contribution in [2.24, 2.45) is 0 Å². The van der Waals surface area contributed by atoms with E-state index in [0.717, 1.165) is 83.5 Å². The molecule has 0 aromatic rings. The molecule has 0 heterocycles.